The van der Waals surface area contributed by atoms with Crippen molar-refractivity contribution < 1.29 is 9.53 Å². The zero-order valence-corrected chi connectivity index (χ0v) is 10.1. The number of allylic oxidation sites excluding steroid dienone is 1. The van der Waals surface area contributed by atoms with Crippen molar-refractivity contribution in [3.05, 3.63) is 53.7 Å². The molecule has 0 heterocycles. The smallest absolute Gasteiger partial charge is 0.333 e. The van der Waals surface area contributed by atoms with Crippen molar-refractivity contribution in [2.24, 2.45) is 5.73 Å². The van der Waals surface area contributed by atoms with Gasteiger partial charge in [-0.3, -0.25) is 0 Å². The molecule has 1 unspecified atom stereocenters. The number of nitrogens with two attached hydrogens (primary N) is 1. The molecule has 0 aromatic heterocycles. The van der Waals surface area contributed by atoms with E-state index in [1.165, 1.54) is 6.08 Å². The Morgan fingerprint density at radius 3 is 2.59 bits per heavy atom. The zero-order valence-electron chi connectivity index (χ0n) is 10.1. The van der Waals surface area contributed by atoms with Gasteiger partial charge in [-0.25, -0.2) is 4.79 Å². The maximum atomic E-state index is 11.3. The van der Waals surface area contributed by atoms with Gasteiger partial charge in [-0.15, -0.1) is 0 Å². The van der Waals surface area contributed by atoms with Crippen LogP contribution in [0.1, 0.15) is 19.4 Å². The predicted octanol–water partition coefficient (Wildman–Crippen LogP) is 2.49. The molecular weight excluding hydrogens is 214 g/mol. The molecule has 2 N–H and O–H groups in total. The highest BCUT2D eigenvalue weighted by molar-refractivity contribution is 5.82. The van der Waals surface area contributed by atoms with Gasteiger partial charge in [0.1, 0.15) is 6.10 Å². The topological polar surface area (TPSA) is 52.3 Å². The van der Waals surface area contributed by atoms with Crippen LogP contribution in [-0.2, 0) is 9.53 Å². The second-order valence-electron chi connectivity index (χ2n) is 3.80. The van der Waals surface area contributed by atoms with E-state index in [0.717, 1.165) is 5.56 Å². The molecule has 90 valence electrons. The van der Waals surface area contributed by atoms with E-state index in [4.69, 9.17) is 10.5 Å². The fourth-order valence-electron chi connectivity index (χ4n) is 1.25. The van der Waals surface area contributed by atoms with Crippen LogP contribution in [-0.4, -0.2) is 12.1 Å². The minimum Gasteiger partial charge on any atom is -0.455 e. The molecular formula is C14H17NO2. The number of benzene rings is 1. The van der Waals surface area contributed by atoms with E-state index >= 15 is 0 Å². The van der Waals surface area contributed by atoms with Crippen LogP contribution in [0.25, 0.3) is 6.08 Å². The number of carbonyl (C=O) groups excluding carboxylic acids is 1. The molecule has 17 heavy (non-hydrogen) atoms. The molecule has 0 bridgehead atoms. The van der Waals surface area contributed by atoms with E-state index in [1.807, 2.05) is 42.5 Å². The van der Waals surface area contributed by atoms with Crippen molar-refractivity contribution >= 4 is 12.0 Å². The van der Waals surface area contributed by atoms with Crippen LogP contribution in [0.5, 0.6) is 0 Å². The average Bonchev–Trinajstić information content (AvgIpc) is 2.26. The first kappa shape index (κ1) is 13.0. The molecule has 1 aromatic rings. The lowest BCUT2D eigenvalue weighted by molar-refractivity contribution is -0.140. The molecule has 0 saturated heterocycles. The third-order valence-electron chi connectivity index (χ3n) is 2.01. The maximum absolute atomic E-state index is 11.3. The maximum Gasteiger partial charge on any atom is 0.333 e. The van der Waals surface area contributed by atoms with Gasteiger partial charge in [-0.05, 0) is 25.5 Å². The van der Waals surface area contributed by atoms with Crippen LogP contribution >= 0.6 is 0 Å². The van der Waals surface area contributed by atoms with Crippen LogP contribution in [0.15, 0.2) is 48.2 Å². The van der Waals surface area contributed by atoms with Crippen LogP contribution in [0.3, 0.4) is 0 Å². The number of carbonyl (C=O) groups is 1. The fourth-order valence-corrected chi connectivity index (χ4v) is 1.25. The highest BCUT2D eigenvalue weighted by Gasteiger charge is 2.03. The minimum absolute atomic E-state index is 0.279. The Hall–Kier alpha value is -2.03. The van der Waals surface area contributed by atoms with Gasteiger partial charge >= 0.3 is 5.97 Å². The number of rotatable bonds is 4. The zero-order chi connectivity index (χ0) is 12.7. The SMILES string of the molecule is C/C(N)=C/C(=O)OC(C)/C=C/c1ccccc1. The first-order valence-corrected chi connectivity index (χ1v) is 5.45. The van der Waals surface area contributed by atoms with E-state index < -0.39 is 5.97 Å². The second-order valence-corrected chi connectivity index (χ2v) is 3.80. The van der Waals surface area contributed by atoms with Gasteiger partial charge in [0.2, 0.25) is 0 Å². The van der Waals surface area contributed by atoms with E-state index in [2.05, 4.69) is 0 Å². The number of hydrogen-bond donors (Lipinski definition) is 1. The van der Waals surface area contributed by atoms with Crippen molar-refractivity contribution in [2.75, 3.05) is 0 Å². The van der Waals surface area contributed by atoms with Crippen LogP contribution in [0, 0.1) is 0 Å². The van der Waals surface area contributed by atoms with Gasteiger partial charge in [0.05, 0.1) is 0 Å². The number of esters is 1. The summed E-state index contributed by atoms with van der Waals surface area (Å²) in [6.07, 6.45) is 4.73. The molecule has 0 fully saturated rings. The summed E-state index contributed by atoms with van der Waals surface area (Å²) in [5.74, 6) is -0.421. The molecule has 1 aromatic carbocycles. The fraction of sp³-hybridized carbons (Fsp3) is 0.214. The molecule has 0 amide bonds. The Balaban J connectivity index is 2.50. The first-order chi connectivity index (χ1) is 8.08. The second kappa shape index (κ2) is 6.53. The Morgan fingerprint density at radius 2 is 2.00 bits per heavy atom. The molecule has 0 radical (unpaired) electrons. The van der Waals surface area contributed by atoms with E-state index in [1.54, 1.807) is 13.8 Å². The van der Waals surface area contributed by atoms with Gasteiger partial charge in [-0.1, -0.05) is 36.4 Å². The van der Waals surface area contributed by atoms with Crippen molar-refractivity contribution in [1.82, 2.24) is 0 Å². The Bertz CT molecular complexity index is 417. The largest absolute Gasteiger partial charge is 0.455 e. The van der Waals surface area contributed by atoms with Crippen molar-refractivity contribution in [3.8, 4) is 0 Å². The third-order valence-corrected chi connectivity index (χ3v) is 2.01. The lowest BCUT2D eigenvalue weighted by Gasteiger charge is -2.06. The van der Waals surface area contributed by atoms with E-state index in [-0.39, 0.29) is 6.10 Å². The molecule has 0 aliphatic heterocycles. The standard InChI is InChI=1S/C14H17NO2/c1-11(15)10-14(16)17-12(2)8-9-13-6-4-3-5-7-13/h3-10,12H,15H2,1-2H3/b9-8+,11-10-. The third kappa shape index (κ3) is 5.56. The molecule has 0 aliphatic rings. The molecule has 0 aliphatic carbocycles. The van der Waals surface area contributed by atoms with Gasteiger partial charge < -0.3 is 10.5 Å². The predicted molar refractivity (Wildman–Crippen MR) is 69.0 cm³/mol. The molecule has 3 heteroatoms. The summed E-state index contributed by atoms with van der Waals surface area (Å²) in [7, 11) is 0. The number of hydrogen-bond acceptors (Lipinski definition) is 3. The van der Waals surface area contributed by atoms with Crippen molar-refractivity contribution in [1.29, 1.82) is 0 Å². The van der Waals surface area contributed by atoms with Gasteiger partial charge in [-0.2, -0.15) is 0 Å². The van der Waals surface area contributed by atoms with Gasteiger partial charge in [0, 0.05) is 11.8 Å². The number of ether oxygens (including phenoxy) is 1. The summed E-state index contributed by atoms with van der Waals surface area (Å²) >= 11 is 0. The van der Waals surface area contributed by atoms with Gasteiger partial charge in [0.15, 0.2) is 0 Å². The lowest BCUT2D eigenvalue weighted by atomic mass is 10.2. The van der Waals surface area contributed by atoms with E-state index in [0.29, 0.717) is 5.70 Å². The van der Waals surface area contributed by atoms with E-state index in [9.17, 15) is 4.79 Å². The highest BCUT2D eigenvalue weighted by atomic mass is 16.5. The summed E-state index contributed by atoms with van der Waals surface area (Å²) in [4.78, 5) is 11.3. The monoisotopic (exact) mass is 231 g/mol. The summed E-state index contributed by atoms with van der Waals surface area (Å²) in [6, 6.07) is 9.83. The van der Waals surface area contributed by atoms with Crippen LogP contribution in [0.2, 0.25) is 0 Å². The quantitative estimate of drug-likeness (QED) is 0.639. The Morgan fingerprint density at radius 1 is 1.35 bits per heavy atom. The summed E-state index contributed by atoms with van der Waals surface area (Å²) in [6.45, 7) is 3.45. The van der Waals surface area contributed by atoms with Gasteiger partial charge in [0.25, 0.3) is 0 Å². The summed E-state index contributed by atoms with van der Waals surface area (Å²) < 4.78 is 5.10. The molecule has 1 rings (SSSR count). The first-order valence-electron chi connectivity index (χ1n) is 5.45. The van der Waals surface area contributed by atoms with Crippen molar-refractivity contribution in [3.63, 3.8) is 0 Å². The Labute approximate surface area is 102 Å². The normalized spacial score (nSPS) is 13.6. The molecule has 0 saturated carbocycles. The molecule has 3 nitrogen and oxygen atoms in total. The molecule has 1 atom stereocenters. The minimum atomic E-state index is -0.421. The Kier molecular flexibility index (Phi) is 5.01. The van der Waals surface area contributed by atoms with Crippen LogP contribution < -0.4 is 5.73 Å². The lowest BCUT2D eigenvalue weighted by Crippen LogP contribution is -2.11. The summed E-state index contributed by atoms with van der Waals surface area (Å²) in [5.41, 5.74) is 6.89. The highest BCUT2D eigenvalue weighted by Crippen LogP contribution is 2.04. The van der Waals surface area contributed by atoms with Crippen LogP contribution in [0.4, 0.5) is 0 Å². The average molecular weight is 231 g/mol. The van der Waals surface area contributed by atoms with Crippen molar-refractivity contribution in [2.45, 2.75) is 20.0 Å². The summed E-state index contributed by atoms with van der Waals surface area (Å²) in [5, 5.41) is 0. The molecule has 0 spiro atoms.